The maximum atomic E-state index is 12.3. The molecule has 9 nitrogen and oxygen atoms in total. The van der Waals surface area contributed by atoms with Crippen LogP contribution < -0.4 is 9.46 Å². The number of nitrogens with one attached hydrogen (secondary N) is 1. The first-order valence-corrected chi connectivity index (χ1v) is 10.6. The second kappa shape index (κ2) is 7.53. The van der Waals surface area contributed by atoms with Crippen LogP contribution >= 0.6 is 11.3 Å². The predicted molar refractivity (Wildman–Crippen MR) is 108 cm³/mol. The molecule has 0 aliphatic heterocycles. The Balaban J connectivity index is 1.55. The number of hydrogen-bond donors (Lipinski definition) is 2. The molecule has 0 bridgehead atoms. The van der Waals surface area contributed by atoms with Gasteiger partial charge < -0.3 is 14.3 Å². The first kappa shape index (κ1) is 18.9. The van der Waals surface area contributed by atoms with Gasteiger partial charge in [-0.2, -0.15) is 0 Å². The van der Waals surface area contributed by atoms with Crippen LogP contribution in [-0.4, -0.2) is 25.6 Å². The fourth-order valence-corrected chi connectivity index (χ4v) is 4.28. The second-order valence-electron chi connectivity index (χ2n) is 5.75. The lowest BCUT2D eigenvalue weighted by Gasteiger charge is -2.04. The summed E-state index contributed by atoms with van der Waals surface area (Å²) in [6, 6.07) is 10.7. The predicted octanol–water partition coefficient (Wildman–Crippen LogP) is 4.82. The smallest absolute Gasteiger partial charge is 0.282 e. The number of hydrogen-bond acceptors (Lipinski definition) is 9. The maximum absolute atomic E-state index is 12.3. The summed E-state index contributed by atoms with van der Waals surface area (Å²) in [5.41, 5.74) is 0.793. The largest absolute Gasteiger partial charge is 0.503 e. The molecule has 0 radical (unpaired) electrons. The standard InChI is InChI=1S/C18H14N4O5S2/c1-26-12-4-7-14-15(10-12)27-17(16(14)23)21-20-11-2-5-13(6-3-11)29(24,25)22-18-19-8-9-28-18/h2-10,23H,1H3,(H,19,22). The molecule has 4 aromatic rings. The molecule has 4 rings (SSSR count). The van der Waals surface area contributed by atoms with Crippen LogP contribution in [0.1, 0.15) is 0 Å². The fraction of sp³-hybridized carbons (Fsp3) is 0.0556. The van der Waals surface area contributed by atoms with Crippen LogP contribution in [-0.2, 0) is 10.0 Å². The van der Waals surface area contributed by atoms with Gasteiger partial charge in [0.1, 0.15) is 11.3 Å². The monoisotopic (exact) mass is 430 g/mol. The van der Waals surface area contributed by atoms with Gasteiger partial charge in [0.2, 0.25) is 0 Å². The van der Waals surface area contributed by atoms with Gasteiger partial charge in [-0.3, -0.25) is 4.72 Å². The molecule has 0 atom stereocenters. The van der Waals surface area contributed by atoms with E-state index < -0.39 is 10.0 Å². The minimum atomic E-state index is -3.74. The highest BCUT2D eigenvalue weighted by Gasteiger charge is 2.16. The van der Waals surface area contributed by atoms with Gasteiger partial charge in [-0.05, 0) is 36.4 Å². The van der Waals surface area contributed by atoms with Crippen molar-refractivity contribution in [2.45, 2.75) is 4.90 Å². The molecule has 2 N–H and O–H groups in total. The molecule has 0 saturated carbocycles. The average molecular weight is 430 g/mol. The van der Waals surface area contributed by atoms with Crippen LogP contribution in [0, 0.1) is 0 Å². The van der Waals surface area contributed by atoms with Crippen molar-refractivity contribution in [3.63, 3.8) is 0 Å². The van der Waals surface area contributed by atoms with E-state index in [1.54, 1.807) is 23.6 Å². The van der Waals surface area contributed by atoms with Crippen molar-refractivity contribution in [2.75, 3.05) is 11.8 Å². The van der Waals surface area contributed by atoms with E-state index in [1.165, 1.54) is 48.9 Å². The average Bonchev–Trinajstić information content (AvgIpc) is 3.33. The quantitative estimate of drug-likeness (QED) is 0.422. The zero-order chi connectivity index (χ0) is 20.4. The summed E-state index contributed by atoms with van der Waals surface area (Å²) in [5.74, 6) is 0.381. The number of thiazole rings is 1. The number of aromatic hydroxyl groups is 1. The number of sulfonamides is 1. The van der Waals surface area contributed by atoms with Gasteiger partial charge in [0.25, 0.3) is 15.9 Å². The van der Waals surface area contributed by atoms with Crippen LogP contribution in [0.3, 0.4) is 0 Å². The topological polar surface area (TPSA) is 126 Å². The summed E-state index contributed by atoms with van der Waals surface area (Å²) in [4.78, 5) is 3.96. The van der Waals surface area contributed by atoms with E-state index in [-0.39, 0.29) is 21.7 Å². The van der Waals surface area contributed by atoms with Crippen LogP contribution in [0.15, 0.2) is 73.6 Å². The van der Waals surface area contributed by atoms with Crippen molar-refractivity contribution in [2.24, 2.45) is 10.2 Å². The number of fused-ring (bicyclic) bond motifs is 1. The number of aromatic nitrogens is 1. The molecule has 0 aliphatic rings. The zero-order valence-corrected chi connectivity index (χ0v) is 16.6. The van der Waals surface area contributed by atoms with Crippen molar-refractivity contribution >= 4 is 49.0 Å². The zero-order valence-electron chi connectivity index (χ0n) is 14.9. The highest BCUT2D eigenvalue weighted by atomic mass is 32.2. The Bertz CT molecular complexity index is 1280. The Kier molecular flexibility index (Phi) is 4.91. The van der Waals surface area contributed by atoms with E-state index in [1.807, 2.05) is 0 Å². The number of azo groups is 1. The Morgan fingerprint density at radius 1 is 1.17 bits per heavy atom. The van der Waals surface area contributed by atoms with Crippen LogP contribution in [0.4, 0.5) is 16.7 Å². The Morgan fingerprint density at radius 3 is 2.66 bits per heavy atom. The van der Waals surface area contributed by atoms with E-state index >= 15 is 0 Å². The minimum absolute atomic E-state index is 0.0598. The summed E-state index contributed by atoms with van der Waals surface area (Å²) in [6.45, 7) is 0. The summed E-state index contributed by atoms with van der Waals surface area (Å²) in [7, 11) is -2.21. The van der Waals surface area contributed by atoms with E-state index in [0.717, 1.165) is 0 Å². The summed E-state index contributed by atoms with van der Waals surface area (Å²) >= 11 is 1.18. The molecule has 0 aliphatic carbocycles. The van der Waals surface area contributed by atoms with Crippen molar-refractivity contribution in [3.05, 3.63) is 54.0 Å². The number of anilines is 1. The Morgan fingerprint density at radius 2 is 1.97 bits per heavy atom. The lowest BCUT2D eigenvalue weighted by atomic mass is 10.2. The third-order valence-electron chi connectivity index (χ3n) is 3.91. The van der Waals surface area contributed by atoms with Gasteiger partial charge >= 0.3 is 0 Å². The number of rotatable bonds is 6. The summed E-state index contributed by atoms with van der Waals surface area (Å²) in [5, 5.41) is 20.6. The first-order valence-electron chi connectivity index (χ1n) is 8.20. The number of benzene rings is 2. The molecule has 0 spiro atoms. The van der Waals surface area contributed by atoms with Crippen LogP contribution in [0.5, 0.6) is 11.5 Å². The number of ether oxygens (including phenoxy) is 1. The molecule has 0 fully saturated rings. The molecule has 2 aromatic carbocycles. The first-order chi connectivity index (χ1) is 14.0. The van der Waals surface area contributed by atoms with E-state index in [4.69, 9.17) is 9.15 Å². The summed E-state index contributed by atoms with van der Waals surface area (Å²) in [6.07, 6.45) is 1.51. The van der Waals surface area contributed by atoms with Crippen molar-refractivity contribution in [3.8, 4) is 11.5 Å². The SMILES string of the molecule is COc1ccc2c(O)c(N=Nc3ccc(S(=O)(=O)Nc4nccs4)cc3)oc2c1. The summed E-state index contributed by atoms with van der Waals surface area (Å²) < 4.78 is 37.7. The normalized spacial score (nSPS) is 11.9. The van der Waals surface area contributed by atoms with Crippen LogP contribution in [0.2, 0.25) is 0 Å². The van der Waals surface area contributed by atoms with Gasteiger partial charge in [-0.15, -0.1) is 21.6 Å². The third-order valence-corrected chi connectivity index (χ3v) is 6.08. The molecule has 29 heavy (non-hydrogen) atoms. The molecule has 148 valence electrons. The molecular formula is C18H14N4O5S2. The van der Waals surface area contributed by atoms with E-state index in [2.05, 4.69) is 19.9 Å². The van der Waals surface area contributed by atoms with Crippen LogP contribution in [0.25, 0.3) is 11.0 Å². The van der Waals surface area contributed by atoms with Gasteiger partial charge in [-0.1, -0.05) is 0 Å². The van der Waals surface area contributed by atoms with Gasteiger partial charge in [0, 0.05) is 17.6 Å². The number of nitrogens with zero attached hydrogens (tertiary/aromatic N) is 3. The minimum Gasteiger partial charge on any atom is -0.503 e. The molecular weight excluding hydrogens is 416 g/mol. The Hall–Kier alpha value is -3.44. The molecule has 0 amide bonds. The highest BCUT2D eigenvalue weighted by molar-refractivity contribution is 7.93. The van der Waals surface area contributed by atoms with Gasteiger partial charge in [0.05, 0.1) is 23.1 Å². The number of furan rings is 1. The van der Waals surface area contributed by atoms with Gasteiger partial charge in [0.15, 0.2) is 10.9 Å². The second-order valence-corrected chi connectivity index (χ2v) is 8.33. The van der Waals surface area contributed by atoms with Crippen molar-refractivity contribution in [1.29, 1.82) is 0 Å². The molecule has 0 saturated heterocycles. The molecule has 11 heteroatoms. The van der Waals surface area contributed by atoms with E-state index in [0.29, 0.717) is 22.4 Å². The molecule has 0 unspecified atom stereocenters. The van der Waals surface area contributed by atoms with Gasteiger partial charge in [-0.25, -0.2) is 13.4 Å². The molecule has 2 heterocycles. The van der Waals surface area contributed by atoms with E-state index in [9.17, 15) is 13.5 Å². The highest BCUT2D eigenvalue weighted by Crippen LogP contribution is 2.40. The lowest BCUT2D eigenvalue weighted by Crippen LogP contribution is -2.12. The Labute approximate surface area is 169 Å². The van der Waals surface area contributed by atoms with Crippen molar-refractivity contribution in [1.82, 2.24) is 4.98 Å². The molecule has 2 aromatic heterocycles. The van der Waals surface area contributed by atoms with Crippen molar-refractivity contribution < 1.29 is 22.7 Å². The third kappa shape index (κ3) is 3.91. The lowest BCUT2D eigenvalue weighted by molar-refractivity contribution is 0.414. The fourth-order valence-electron chi connectivity index (χ4n) is 2.49. The number of methoxy groups -OCH3 is 1. The maximum Gasteiger partial charge on any atom is 0.282 e.